The lowest BCUT2D eigenvalue weighted by Crippen LogP contribution is -2.66. The van der Waals surface area contributed by atoms with Gasteiger partial charge >= 0.3 is 11.9 Å². The molecular formula is C59H65NO13. The molecule has 0 aromatic heterocycles. The Kier molecular flexibility index (Phi) is 20.6. The summed E-state index contributed by atoms with van der Waals surface area (Å²) in [5.74, 6) is -1.43. The number of carbonyl (C=O) groups is 2. The maximum Gasteiger partial charge on any atom is 0.338 e. The molecule has 0 radical (unpaired) electrons. The van der Waals surface area contributed by atoms with Crippen LogP contribution in [0, 0.1) is 0 Å². The lowest BCUT2D eigenvalue weighted by Gasteiger charge is -2.49. The normalized spacial score (nSPS) is 23.9. The summed E-state index contributed by atoms with van der Waals surface area (Å²) in [5.41, 5.74) is 9.88. The fourth-order valence-electron chi connectivity index (χ4n) is 8.68. The van der Waals surface area contributed by atoms with E-state index in [0.717, 1.165) is 35.1 Å². The van der Waals surface area contributed by atoms with E-state index in [-0.39, 0.29) is 57.4 Å². The summed E-state index contributed by atoms with van der Waals surface area (Å²) in [6, 6.07) is 55.4. The Morgan fingerprint density at radius 3 is 1.33 bits per heavy atom. The van der Waals surface area contributed by atoms with Crippen molar-refractivity contribution >= 4 is 11.9 Å². The number of nitrogens with two attached hydrogens (primary N) is 1. The molecule has 14 heteroatoms. The Bertz CT molecular complexity index is 2490. The summed E-state index contributed by atoms with van der Waals surface area (Å²) in [7, 11) is 0. The van der Waals surface area contributed by atoms with Crippen LogP contribution in [0.4, 0.5) is 0 Å². The first kappa shape index (κ1) is 53.2. The Morgan fingerprint density at radius 2 is 0.849 bits per heavy atom. The Hall–Kier alpha value is -6.14. The van der Waals surface area contributed by atoms with Crippen molar-refractivity contribution in [1.29, 1.82) is 0 Å². The molecule has 10 unspecified atom stereocenters. The highest BCUT2D eigenvalue weighted by molar-refractivity contribution is 5.90. The van der Waals surface area contributed by atoms with E-state index in [4.69, 9.17) is 53.1 Å². The summed E-state index contributed by atoms with van der Waals surface area (Å²) >= 11 is 0. The van der Waals surface area contributed by atoms with Crippen LogP contribution in [0.3, 0.4) is 0 Å². The molecule has 2 heterocycles. The van der Waals surface area contributed by atoms with Crippen molar-refractivity contribution in [2.75, 3.05) is 26.4 Å². The van der Waals surface area contributed by atoms with E-state index in [0.29, 0.717) is 13.0 Å². The molecule has 0 spiro atoms. The average molecular weight is 996 g/mol. The maximum absolute atomic E-state index is 14.3. The van der Waals surface area contributed by atoms with Gasteiger partial charge in [-0.1, -0.05) is 158 Å². The van der Waals surface area contributed by atoms with Crippen molar-refractivity contribution in [3.8, 4) is 0 Å². The van der Waals surface area contributed by atoms with Crippen LogP contribution < -0.4 is 5.73 Å². The molecule has 2 aliphatic rings. The summed E-state index contributed by atoms with van der Waals surface area (Å²) in [6.45, 7) is 1.32. The first-order valence-electron chi connectivity index (χ1n) is 25.0. The number of hydrogen-bond acceptors (Lipinski definition) is 14. The van der Waals surface area contributed by atoms with Crippen LogP contribution in [0.25, 0.3) is 0 Å². The van der Waals surface area contributed by atoms with Gasteiger partial charge in [0, 0.05) is 6.61 Å². The van der Waals surface area contributed by atoms with Gasteiger partial charge in [0.2, 0.25) is 0 Å². The third-order valence-corrected chi connectivity index (χ3v) is 12.5. The van der Waals surface area contributed by atoms with Gasteiger partial charge in [-0.15, -0.1) is 0 Å². The van der Waals surface area contributed by atoms with Gasteiger partial charge in [0.1, 0.15) is 36.6 Å². The van der Waals surface area contributed by atoms with Crippen LogP contribution in [-0.2, 0) is 73.8 Å². The smallest absolute Gasteiger partial charge is 0.338 e. The van der Waals surface area contributed by atoms with E-state index in [9.17, 15) is 14.7 Å². The zero-order chi connectivity index (χ0) is 50.5. The number of rotatable bonds is 26. The molecule has 6 aromatic rings. The van der Waals surface area contributed by atoms with E-state index in [1.54, 1.807) is 60.7 Å². The Morgan fingerprint density at radius 1 is 0.438 bits per heavy atom. The van der Waals surface area contributed by atoms with Crippen LogP contribution in [0.15, 0.2) is 182 Å². The monoisotopic (exact) mass is 995 g/mol. The molecule has 384 valence electrons. The average Bonchev–Trinajstić information content (AvgIpc) is 3.43. The Labute approximate surface area is 427 Å². The number of esters is 2. The minimum Gasteiger partial charge on any atom is -0.450 e. The number of hydrogen-bond donors (Lipinski definition) is 2. The van der Waals surface area contributed by atoms with E-state index in [1.165, 1.54) is 0 Å². The van der Waals surface area contributed by atoms with Crippen molar-refractivity contribution < 1.29 is 62.1 Å². The van der Waals surface area contributed by atoms with Crippen LogP contribution in [0.5, 0.6) is 0 Å². The van der Waals surface area contributed by atoms with Crippen molar-refractivity contribution in [3.05, 3.63) is 215 Å². The zero-order valence-electron chi connectivity index (χ0n) is 40.8. The minimum absolute atomic E-state index is 0.00742. The fourth-order valence-corrected chi connectivity index (χ4v) is 8.68. The third kappa shape index (κ3) is 15.7. The van der Waals surface area contributed by atoms with Crippen LogP contribution in [-0.4, -0.2) is 105 Å². The van der Waals surface area contributed by atoms with E-state index in [2.05, 4.69) is 0 Å². The van der Waals surface area contributed by atoms with Gasteiger partial charge in [-0.05, 0) is 72.3 Å². The second-order valence-corrected chi connectivity index (χ2v) is 17.9. The molecule has 2 saturated heterocycles. The molecule has 73 heavy (non-hydrogen) atoms. The lowest BCUT2D eigenvalue weighted by molar-refractivity contribution is -0.366. The van der Waals surface area contributed by atoms with Crippen molar-refractivity contribution in [1.82, 2.24) is 0 Å². The van der Waals surface area contributed by atoms with Gasteiger partial charge in [-0.2, -0.15) is 0 Å². The third-order valence-electron chi connectivity index (χ3n) is 12.5. The predicted molar refractivity (Wildman–Crippen MR) is 271 cm³/mol. The van der Waals surface area contributed by atoms with Crippen molar-refractivity contribution in [2.45, 2.75) is 107 Å². The summed E-state index contributed by atoms with van der Waals surface area (Å²) in [6.07, 6.45) is -10.3. The molecule has 10 atom stereocenters. The molecular weight excluding hydrogens is 931 g/mol. The highest BCUT2D eigenvalue weighted by atomic mass is 16.8. The molecule has 0 bridgehead atoms. The number of aliphatic hydroxyl groups is 1. The summed E-state index contributed by atoms with van der Waals surface area (Å²) in [5, 5.41) is 12.7. The van der Waals surface area contributed by atoms with Gasteiger partial charge in [0.15, 0.2) is 24.8 Å². The minimum atomic E-state index is -1.55. The van der Waals surface area contributed by atoms with Crippen molar-refractivity contribution in [2.24, 2.45) is 5.73 Å². The van der Waals surface area contributed by atoms with Gasteiger partial charge in [0.25, 0.3) is 0 Å². The standard InChI is InChI=1S/C59H65NO13/c60-34-20-7-21-35-66-58-55(72-57(63)47-32-18-6-19-33-47)54(52(68-39-45-28-14-4-15-29-45)49(69-58)41-65-37-43-24-10-2-11-25-43)73-59-53(71-56(62)46-30-16-5-17-31-46)50(61)51(67-38-44-26-12-3-13-27-44)48(70-59)40-64-36-42-22-8-1-9-23-42/h1-6,8-19,22-33,48-55,58-59,61H,7,20-21,34-41,60H2. The number of benzene rings is 6. The number of aliphatic hydroxyl groups excluding tert-OH is 1. The highest BCUT2D eigenvalue weighted by Crippen LogP contribution is 2.36. The van der Waals surface area contributed by atoms with Crippen molar-refractivity contribution in [3.63, 3.8) is 0 Å². The van der Waals surface area contributed by atoms with Gasteiger partial charge in [0.05, 0.1) is 50.8 Å². The predicted octanol–water partition coefficient (Wildman–Crippen LogP) is 8.38. The second-order valence-electron chi connectivity index (χ2n) is 17.9. The van der Waals surface area contributed by atoms with Crippen LogP contribution >= 0.6 is 0 Å². The van der Waals surface area contributed by atoms with Gasteiger partial charge < -0.3 is 58.2 Å². The molecule has 0 aliphatic carbocycles. The lowest BCUT2D eigenvalue weighted by atomic mass is 9.96. The number of carbonyl (C=O) groups excluding carboxylic acids is 2. The second kappa shape index (κ2) is 28.3. The highest BCUT2D eigenvalue weighted by Gasteiger charge is 2.55. The summed E-state index contributed by atoms with van der Waals surface area (Å²) in [4.78, 5) is 28.5. The first-order chi connectivity index (χ1) is 35.9. The quantitative estimate of drug-likeness (QED) is 0.0392. The first-order valence-corrected chi connectivity index (χ1v) is 25.0. The molecule has 3 N–H and O–H groups in total. The van der Waals surface area contributed by atoms with E-state index in [1.807, 2.05) is 121 Å². The molecule has 6 aromatic carbocycles. The number of ether oxygens (including phenoxy) is 10. The molecule has 2 fully saturated rings. The van der Waals surface area contributed by atoms with Crippen LogP contribution in [0.2, 0.25) is 0 Å². The molecule has 0 amide bonds. The van der Waals surface area contributed by atoms with E-state index >= 15 is 0 Å². The maximum atomic E-state index is 14.3. The number of unbranched alkanes of at least 4 members (excludes halogenated alkanes) is 2. The van der Waals surface area contributed by atoms with Gasteiger partial charge in [-0.3, -0.25) is 0 Å². The topological polar surface area (TPSA) is 173 Å². The molecule has 2 aliphatic heterocycles. The molecule has 8 rings (SSSR count). The molecule has 0 saturated carbocycles. The Balaban J connectivity index is 1.19. The fraction of sp³-hybridized carbons (Fsp3) is 0.356. The SMILES string of the molecule is NCCCCCOC1OC(COCc2ccccc2)C(OCc2ccccc2)C(OC2OC(COCc3ccccc3)C(OCc3ccccc3)C(O)C2OC(=O)c2ccccc2)C1OC(=O)c1ccccc1. The van der Waals surface area contributed by atoms with E-state index < -0.39 is 73.4 Å². The van der Waals surface area contributed by atoms with Crippen LogP contribution in [0.1, 0.15) is 62.2 Å². The summed E-state index contributed by atoms with van der Waals surface area (Å²) < 4.78 is 66.2. The largest absolute Gasteiger partial charge is 0.450 e. The molecule has 14 nitrogen and oxygen atoms in total. The zero-order valence-corrected chi connectivity index (χ0v) is 40.8. The van der Waals surface area contributed by atoms with Gasteiger partial charge in [-0.25, -0.2) is 9.59 Å².